The Kier molecular flexibility index (Phi) is 6.92. The van der Waals surface area contributed by atoms with Gasteiger partial charge in [-0.2, -0.15) is 0 Å². The summed E-state index contributed by atoms with van der Waals surface area (Å²) in [6, 6.07) is 4.21. The highest BCUT2D eigenvalue weighted by Crippen LogP contribution is 2.28. The molecular formula is C15H22ClFN2O2. The maximum Gasteiger partial charge on any atom is 0.234 e. The Morgan fingerprint density at radius 3 is 2.81 bits per heavy atom. The van der Waals surface area contributed by atoms with Crippen LogP contribution in [0.2, 0.25) is 0 Å². The third-order valence-electron chi connectivity index (χ3n) is 3.46. The van der Waals surface area contributed by atoms with E-state index >= 15 is 0 Å². The van der Waals surface area contributed by atoms with Gasteiger partial charge in [0, 0.05) is 0 Å². The van der Waals surface area contributed by atoms with E-state index in [0.29, 0.717) is 11.3 Å². The van der Waals surface area contributed by atoms with Gasteiger partial charge in [-0.3, -0.25) is 4.79 Å². The van der Waals surface area contributed by atoms with Crippen molar-refractivity contribution >= 4 is 18.3 Å². The third kappa shape index (κ3) is 5.17. The van der Waals surface area contributed by atoms with E-state index < -0.39 is 6.04 Å². The molecule has 1 unspecified atom stereocenters. The minimum Gasteiger partial charge on any atom is -0.496 e. The molecule has 1 atom stereocenters. The van der Waals surface area contributed by atoms with Gasteiger partial charge in [0.2, 0.25) is 5.91 Å². The molecule has 118 valence electrons. The quantitative estimate of drug-likeness (QED) is 0.812. The van der Waals surface area contributed by atoms with Gasteiger partial charge in [-0.25, -0.2) is 4.39 Å². The number of carbonyl (C=O) groups is 1. The Morgan fingerprint density at radius 2 is 2.19 bits per heavy atom. The molecule has 1 aromatic carbocycles. The molecule has 21 heavy (non-hydrogen) atoms. The predicted molar refractivity (Wildman–Crippen MR) is 82.4 cm³/mol. The number of benzene rings is 1. The van der Waals surface area contributed by atoms with Gasteiger partial charge in [0.15, 0.2) is 0 Å². The van der Waals surface area contributed by atoms with Gasteiger partial charge < -0.3 is 15.4 Å². The first-order valence-corrected chi connectivity index (χ1v) is 6.94. The van der Waals surface area contributed by atoms with Crippen molar-refractivity contribution in [3.05, 3.63) is 29.6 Å². The van der Waals surface area contributed by atoms with Crippen molar-refractivity contribution in [3.8, 4) is 5.75 Å². The smallest absolute Gasteiger partial charge is 0.234 e. The van der Waals surface area contributed by atoms with Crippen molar-refractivity contribution in [3.63, 3.8) is 0 Å². The van der Waals surface area contributed by atoms with E-state index in [9.17, 15) is 9.18 Å². The fraction of sp³-hybridized carbons (Fsp3) is 0.533. The lowest BCUT2D eigenvalue weighted by Gasteiger charge is -2.18. The van der Waals surface area contributed by atoms with Gasteiger partial charge in [0.1, 0.15) is 11.6 Å². The van der Waals surface area contributed by atoms with Crippen molar-refractivity contribution in [2.24, 2.45) is 5.92 Å². The van der Waals surface area contributed by atoms with Crippen LogP contribution in [0, 0.1) is 11.7 Å². The number of ether oxygens (including phenoxy) is 1. The molecule has 6 heteroatoms. The molecule has 1 aliphatic carbocycles. The molecule has 1 aliphatic rings. The summed E-state index contributed by atoms with van der Waals surface area (Å²) >= 11 is 0. The largest absolute Gasteiger partial charge is 0.496 e. The first-order chi connectivity index (χ1) is 9.61. The standard InChI is InChI=1S/C15H21FN2O2.ClH/c1-10(15-12(16)4-3-5-13(15)20-2)18-14(19)9-17-8-11-6-7-11;/h3-5,10-11,17H,6-9H2,1-2H3,(H,18,19);1H. The van der Waals surface area contributed by atoms with E-state index in [1.807, 2.05) is 0 Å². The van der Waals surface area contributed by atoms with Crippen LogP contribution in [0.1, 0.15) is 31.4 Å². The lowest BCUT2D eigenvalue weighted by atomic mass is 10.1. The second-order valence-electron chi connectivity index (χ2n) is 5.22. The van der Waals surface area contributed by atoms with E-state index in [1.165, 1.54) is 26.0 Å². The van der Waals surface area contributed by atoms with Gasteiger partial charge in [0.05, 0.1) is 25.3 Å². The highest BCUT2D eigenvalue weighted by atomic mass is 35.5. The van der Waals surface area contributed by atoms with Crippen LogP contribution in [0.3, 0.4) is 0 Å². The van der Waals surface area contributed by atoms with E-state index in [1.54, 1.807) is 19.1 Å². The Labute approximate surface area is 130 Å². The topological polar surface area (TPSA) is 50.4 Å². The summed E-state index contributed by atoms with van der Waals surface area (Å²) in [5.41, 5.74) is 0.380. The number of halogens is 2. The monoisotopic (exact) mass is 316 g/mol. The predicted octanol–water partition coefficient (Wildman–Crippen LogP) is 2.43. The van der Waals surface area contributed by atoms with Crippen molar-refractivity contribution in [2.45, 2.75) is 25.8 Å². The summed E-state index contributed by atoms with van der Waals surface area (Å²) in [6.07, 6.45) is 2.49. The lowest BCUT2D eigenvalue weighted by molar-refractivity contribution is -0.120. The number of rotatable bonds is 7. The van der Waals surface area contributed by atoms with Crippen LogP contribution in [-0.2, 0) is 4.79 Å². The van der Waals surface area contributed by atoms with Crippen molar-refractivity contribution < 1.29 is 13.9 Å². The highest BCUT2D eigenvalue weighted by molar-refractivity contribution is 5.85. The van der Waals surface area contributed by atoms with E-state index in [4.69, 9.17) is 4.74 Å². The van der Waals surface area contributed by atoms with Gasteiger partial charge in [-0.15, -0.1) is 12.4 Å². The summed E-state index contributed by atoms with van der Waals surface area (Å²) in [7, 11) is 1.49. The molecule has 1 saturated carbocycles. The lowest BCUT2D eigenvalue weighted by Crippen LogP contribution is -2.36. The first kappa shape index (κ1) is 17.7. The fourth-order valence-corrected chi connectivity index (χ4v) is 2.19. The second-order valence-corrected chi connectivity index (χ2v) is 5.22. The van der Waals surface area contributed by atoms with E-state index in [0.717, 1.165) is 12.5 Å². The van der Waals surface area contributed by atoms with Crippen molar-refractivity contribution in [2.75, 3.05) is 20.2 Å². The van der Waals surface area contributed by atoms with E-state index in [-0.39, 0.29) is 30.7 Å². The molecule has 1 fully saturated rings. The zero-order valence-electron chi connectivity index (χ0n) is 12.3. The van der Waals surface area contributed by atoms with Crippen LogP contribution < -0.4 is 15.4 Å². The van der Waals surface area contributed by atoms with Crippen LogP contribution in [-0.4, -0.2) is 26.1 Å². The van der Waals surface area contributed by atoms with Crippen LogP contribution in [0.25, 0.3) is 0 Å². The summed E-state index contributed by atoms with van der Waals surface area (Å²) < 4.78 is 19.0. The molecule has 1 amide bonds. The second kappa shape index (κ2) is 8.20. The normalized spacial score (nSPS) is 15.0. The Bertz CT molecular complexity index is 481. The Hall–Kier alpha value is -1.33. The molecule has 2 rings (SSSR count). The maximum atomic E-state index is 13.9. The number of hydrogen-bond donors (Lipinski definition) is 2. The molecule has 0 aromatic heterocycles. The molecule has 0 saturated heterocycles. The summed E-state index contributed by atoms with van der Waals surface area (Å²) in [4.78, 5) is 11.8. The number of methoxy groups -OCH3 is 1. The molecule has 4 nitrogen and oxygen atoms in total. The summed E-state index contributed by atoms with van der Waals surface area (Å²) in [5, 5.41) is 5.89. The molecule has 1 aromatic rings. The molecule has 2 N–H and O–H groups in total. The molecular weight excluding hydrogens is 295 g/mol. The zero-order chi connectivity index (χ0) is 14.5. The minimum absolute atomic E-state index is 0. The highest BCUT2D eigenvalue weighted by Gasteiger charge is 2.21. The molecule has 0 aliphatic heterocycles. The number of hydrogen-bond acceptors (Lipinski definition) is 3. The molecule has 0 spiro atoms. The average molecular weight is 317 g/mol. The van der Waals surface area contributed by atoms with Gasteiger partial charge in [0.25, 0.3) is 0 Å². The third-order valence-corrected chi connectivity index (χ3v) is 3.46. The molecule has 0 heterocycles. The maximum absolute atomic E-state index is 13.9. The average Bonchev–Trinajstić information content (AvgIpc) is 3.22. The summed E-state index contributed by atoms with van der Waals surface area (Å²) in [5.74, 6) is 0.669. The number of nitrogens with one attached hydrogen (secondary N) is 2. The number of carbonyl (C=O) groups excluding carboxylic acids is 1. The zero-order valence-corrected chi connectivity index (χ0v) is 13.1. The van der Waals surface area contributed by atoms with Crippen LogP contribution in [0.15, 0.2) is 18.2 Å². The minimum atomic E-state index is -0.429. The Morgan fingerprint density at radius 1 is 1.48 bits per heavy atom. The molecule has 0 radical (unpaired) electrons. The van der Waals surface area contributed by atoms with Crippen molar-refractivity contribution in [1.29, 1.82) is 0 Å². The SMILES string of the molecule is COc1cccc(F)c1C(C)NC(=O)CNCC1CC1.Cl. The van der Waals surface area contributed by atoms with Gasteiger partial charge in [-0.1, -0.05) is 6.07 Å². The van der Waals surface area contributed by atoms with Gasteiger partial charge in [-0.05, 0) is 44.4 Å². The molecule has 0 bridgehead atoms. The van der Waals surface area contributed by atoms with Crippen LogP contribution >= 0.6 is 12.4 Å². The van der Waals surface area contributed by atoms with Crippen LogP contribution in [0.5, 0.6) is 5.75 Å². The summed E-state index contributed by atoms with van der Waals surface area (Å²) in [6.45, 7) is 2.89. The van der Waals surface area contributed by atoms with E-state index in [2.05, 4.69) is 10.6 Å². The van der Waals surface area contributed by atoms with Crippen molar-refractivity contribution in [1.82, 2.24) is 10.6 Å². The Balaban J connectivity index is 0.00000220. The van der Waals surface area contributed by atoms with Crippen LogP contribution in [0.4, 0.5) is 4.39 Å². The van der Waals surface area contributed by atoms with Gasteiger partial charge >= 0.3 is 0 Å². The number of amides is 1. The fourth-order valence-electron chi connectivity index (χ4n) is 2.19. The first-order valence-electron chi connectivity index (χ1n) is 6.94.